The standard InChI is InChI=1S/C16H16ClFN2O4S2/c1-25(21,22)20-8-2-3-11-4-5-12(9-16(11)20)19-26(23,24)13-6-7-15(18)14(17)10-13/h4-7,9-10,19H,2-3,8H2,1H3. The second kappa shape index (κ2) is 6.71. The molecule has 0 aromatic heterocycles. The molecule has 26 heavy (non-hydrogen) atoms. The molecule has 1 aliphatic rings. The van der Waals surface area contributed by atoms with E-state index in [0.717, 1.165) is 30.0 Å². The van der Waals surface area contributed by atoms with Crippen molar-refractivity contribution in [3.63, 3.8) is 0 Å². The van der Waals surface area contributed by atoms with Gasteiger partial charge in [0.1, 0.15) is 5.82 Å². The van der Waals surface area contributed by atoms with Gasteiger partial charge < -0.3 is 0 Å². The van der Waals surface area contributed by atoms with Crippen molar-refractivity contribution in [3.8, 4) is 0 Å². The number of fused-ring (bicyclic) bond motifs is 1. The fourth-order valence-corrected chi connectivity index (χ4v) is 5.12. The molecule has 1 heterocycles. The van der Waals surface area contributed by atoms with E-state index in [9.17, 15) is 21.2 Å². The molecule has 0 spiro atoms. The molecule has 0 amide bonds. The van der Waals surface area contributed by atoms with E-state index >= 15 is 0 Å². The van der Waals surface area contributed by atoms with E-state index in [1.54, 1.807) is 12.1 Å². The number of nitrogens with one attached hydrogen (secondary N) is 1. The lowest BCUT2D eigenvalue weighted by molar-refractivity contribution is 0.592. The highest BCUT2D eigenvalue weighted by Gasteiger charge is 2.25. The van der Waals surface area contributed by atoms with E-state index in [0.29, 0.717) is 25.1 Å². The van der Waals surface area contributed by atoms with Crippen LogP contribution in [0.4, 0.5) is 15.8 Å². The van der Waals surface area contributed by atoms with Crippen molar-refractivity contribution in [2.24, 2.45) is 0 Å². The summed E-state index contributed by atoms with van der Waals surface area (Å²) in [6.07, 6.45) is 2.51. The Bertz CT molecular complexity index is 1070. The van der Waals surface area contributed by atoms with Crippen molar-refractivity contribution >= 4 is 43.0 Å². The topological polar surface area (TPSA) is 83.6 Å². The maximum atomic E-state index is 13.2. The van der Waals surface area contributed by atoms with Crippen molar-refractivity contribution in [1.82, 2.24) is 0 Å². The summed E-state index contributed by atoms with van der Waals surface area (Å²) in [4.78, 5) is -0.193. The van der Waals surface area contributed by atoms with Crippen LogP contribution in [0.5, 0.6) is 0 Å². The number of nitrogens with zero attached hydrogens (tertiary/aromatic N) is 1. The van der Waals surface area contributed by atoms with Crippen LogP contribution in [0.3, 0.4) is 0 Å². The smallest absolute Gasteiger partial charge is 0.261 e. The largest absolute Gasteiger partial charge is 0.280 e. The third-order valence-electron chi connectivity index (χ3n) is 4.02. The first-order valence-corrected chi connectivity index (χ1v) is 11.4. The number of sulfonamides is 2. The van der Waals surface area contributed by atoms with Gasteiger partial charge in [0.05, 0.1) is 27.5 Å². The zero-order chi connectivity index (χ0) is 19.1. The molecule has 0 bridgehead atoms. The van der Waals surface area contributed by atoms with Crippen molar-refractivity contribution in [3.05, 3.63) is 52.8 Å². The lowest BCUT2D eigenvalue weighted by atomic mass is 10.0. The highest BCUT2D eigenvalue weighted by molar-refractivity contribution is 7.92. The second-order valence-electron chi connectivity index (χ2n) is 5.96. The normalized spacial score (nSPS) is 14.8. The molecule has 0 radical (unpaired) electrons. The minimum Gasteiger partial charge on any atom is -0.280 e. The predicted molar refractivity (Wildman–Crippen MR) is 99.2 cm³/mol. The minimum atomic E-state index is -4.00. The van der Waals surface area contributed by atoms with Crippen molar-refractivity contribution < 1.29 is 21.2 Å². The first-order chi connectivity index (χ1) is 12.1. The van der Waals surface area contributed by atoms with Crippen molar-refractivity contribution in [2.75, 3.05) is 21.8 Å². The van der Waals surface area contributed by atoms with E-state index in [1.165, 1.54) is 10.4 Å². The maximum absolute atomic E-state index is 13.2. The summed E-state index contributed by atoms with van der Waals surface area (Å²) in [6, 6.07) is 7.83. The Morgan fingerprint density at radius 3 is 2.50 bits per heavy atom. The van der Waals surface area contributed by atoms with Gasteiger partial charge in [0.15, 0.2) is 0 Å². The molecule has 6 nitrogen and oxygen atoms in total. The highest BCUT2D eigenvalue weighted by Crippen LogP contribution is 2.32. The van der Waals surface area contributed by atoms with Gasteiger partial charge in [-0.2, -0.15) is 0 Å². The summed E-state index contributed by atoms with van der Waals surface area (Å²) in [7, 11) is -7.47. The van der Waals surface area contributed by atoms with Crippen LogP contribution in [-0.4, -0.2) is 29.6 Å². The monoisotopic (exact) mass is 418 g/mol. The van der Waals surface area contributed by atoms with E-state index in [-0.39, 0.29) is 15.6 Å². The maximum Gasteiger partial charge on any atom is 0.261 e. The van der Waals surface area contributed by atoms with Crippen LogP contribution >= 0.6 is 11.6 Å². The molecular weight excluding hydrogens is 403 g/mol. The lowest BCUT2D eigenvalue weighted by Gasteiger charge is -2.29. The summed E-state index contributed by atoms with van der Waals surface area (Å²) in [5, 5.41) is -0.304. The average molecular weight is 419 g/mol. The fraction of sp³-hybridized carbons (Fsp3) is 0.250. The number of benzene rings is 2. The third-order valence-corrected chi connectivity index (χ3v) is 6.86. The van der Waals surface area contributed by atoms with E-state index < -0.39 is 25.9 Å². The number of aryl methyl sites for hydroxylation is 1. The summed E-state index contributed by atoms with van der Waals surface area (Å²) in [5.41, 5.74) is 1.49. The van der Waals surface area contributed by atoms with Crippen molar-refractivity contribution in [2.45, 2.75) is 17.7 Å². The number of anilines is 2. The zero-order valence-electron chi connectivity index (χ0n) is 13.7. The molecule has 0 atom stereocenters. The van der Waals surface area contributed by atoms with Crippen LogP contribution in [0.15, 0.2) is 41.3 Å². The Balaban J connectivity index is 1.97. The number of halogens is 2. The van der Waals surface area contributed by atoms with Gasteiger partial charge in [0.2, 0.25) is 10.0 Å². The Labute approximate surface area is 156 Å². The van der Waals surface area contributed by atoms with E-state index in [4.69, 9.17) is 11.6 Å². The van der Waals surface area contributed by atoms with Crippen LogP contribution in [0.2, 0.25) is 5.02 Å². The molecule has 1 N–H and O–H groups in total. The highest BCUT2D eigenvalue weighted by atomic mass is 35.5. The van der Waals surface area contributed by atoms with Crippen LogP contribution in [0.1, 0.15) is 12.0 Å². The van der Waals surface area contributed by atoms with Gasteiger partial charge in [0, 0.05) is 6.54 Å². The molecule has 0 fully saturated rings. The van der Waals surface area contributed by atoms with Gasteiger partial charge in [-0.3, -0.25) is 9.03 Å². The molecule has 140 valence electrons. The Morgan fingerprint density at radius 2 is 1.85 bits per heavy atom. The summed E-state index contributed by atoms with van der Waals surface area (Å²) < 4.78 is 65.8. The molecule has 0 aliphatic carbocycles. The van der Waals surface area contributed by atoms with Gasteiger partial charge in [-0.25, -0.2) is 21.2 Å². The van der Waals surface area contributed by atoms with Gasteiger partial charge in [0.25, 0.3) is 10.0 Å². The molecular formula is C16H16ClFN2O4S2. The van der Waals surface area contributed by atoms with Crippen LogP contribution in [0, 0.1) is 5.82 Å². The molecule has 10 heteroatoms. The summed E-state index contributed by atoms with van der Waals surface area (Å²) in [6.45, 7) is 0.343. The summed E-state index contributed by atoms with van der Waals surface area (Å²) >= 11 is 5.65. The quantitative estimate of drug-likeness (QED) is 0.827. The Hall–Kier alpha value is -1.84. The Kier molecular flexibility index (Phi) is 4.89. The van der Waals surface area contributed by atoms with Gasteiger partial charge in [-0.1, -0.05) is 17.7 Å². The zero-order valence-corrected chi connectivity index (χ0v) is 16.1. The minimum absolute atomic E-state index is 0.193. The number of hydrogen-bond acceptors (Lipinski definition) is 4. The predicted octanol–water partition coefficient (Wildman–Crippen LogP) is 2.99. The molecule has 0 saturated heterocycles. The first kappa shape index (κ1) is 18.9. The van der Waals surface area contributed by atoms with Crippen molar-refractivity contribution in [1.29, 1.82) is 0 Å². The molecule has 3 rings (SSSR count). The Morgan fingerprint density at radius 1 is 1.12 bits per heavy atom. The lowest BCUT2D eigenvalue weighted by Crippen LogP contribution is -2.34. The number of hydrogen-bond donors (Lipinski definition) is 1. The third kappa shape index (κ3) is 3.79. The first-order valence-electron chi connectivity index (χ1n) is 7.66. The molecule has 2 aromatic rings. The average Bonchev–Trinajstić information content (AvgIpc) is 2.55. The van der Waals surface area contributed by atoms with Crippen LogP contribution < -0.4 is 9.03 Å². The number of rotatable bonds is 4. The van der Waals surface area contributed by atoms with Crippen LogP contribution in [0.25, 0.3) is 0 Å². The van der Waals surface area contributed by atoms with E-state index in [1.807, 2.05) is 0 Å². The van der Waals surface area contributed by atoms with Gasteiger partial charge >= 0.3 is 0 Å². The molecule has 0 saturated carbocycles. The van der Waals surface area contributed by atoms with Crippen LogP contribution in [-0.2, 0) is 26.5 Å². The molecule has 0 unspecified atom stereocenters. The fourth-order valence-electron chi connectivity index (χ4n) is 2.81. The molecule has 1 aliphatic heterocycles. The second-order valence-corrected chi connectivity index (χ2v) is 9.96. The van der Waals surface area contributed by atoms with Gasteiger partial charge in [-0.05, 0) is 48.7 Å². The molecule has 2 aromatic carbocycles. The van der Waals surface area contributed by atoms with Gasteiger partial charge in [-0.15, -0.1) is 0 Å². The SMILES string of the molecule is CS(=O)(=O)N1CCCc2ccc(NS(=O)(=O)c3ccc(F)c(Cl)c3)cc21. The summed E-state index contributed by atoms with van der Waals surface area (Å²) in [5.74, 6) is -0.719. The van der Waals surface area contributed by atoms with E-state index in [2.05, 4.69) is 4.72 Å².